The molecule has 1 amide bonds. The van der Waals surface area contributed by atoms with E-state index in [0.717, 1.165) is 5.56 Å². The van der Waals surface area contributed by atoms with Gasteiger partial charge < -0.3 is 10.4 Å². The lowest BCUT2D eigenvalue weighted by Gasteiger charge is -2.33. The van der Waals surface area contributed by atoms with Gasteiger partial charge in [0.05, 0.1) is 6.42 Å². The van der Waals surface area contributed by atoms with Gasteiger partial charge >= 0.3 is 0 Å². The van der Waals surface area contributed by atoms with E-state index in [4.69, 9.17) is 0 Å². The molecule has 0 radical (unpaired) electrons. The molecule has 2 heterocycles. The van der Waals surface area contributed by atoms with Gasteiger partial charge in [0.25, 0.3) is 5.56 Å². The van der Waals surface area contributed by atoms with Gasteiger partial charge in [0.2, 0.25) is 5.91 Å². The first kappa shape index (κ1) is 19.8. The van der Waals surface area contributed by atoms with Crippen molar-refractivity contribution in [3.05, 3.63) is 69.8 Å². The molecule has 0 bridgehead atoms. The number of aryl methyl sites for hydroxylation is 1. The van der Waals surface area contributed by atoms with Gasteiger partial charge in [0.15, 0.2) is 5.65 Å². The van der Waals surface area contributed by atoms with Crippen LogP contribution in [0.5, 0.6) is 0 Å². The summed E-state index contributed by atoms with van der Waals surface area (Å²) >= 11 is 0. The van der Waals surface area contributed by atoms with Gasteiger partial charge in [0.1, 0.15) is 0 Å². The summed E-state index contributed by atoms with van der Waals surface area (Å²) in [6.45, 7) is 6.04. The molecule has 0 aliphatic heterocycles. The molecule has 7 nitrogen and oxygen atoms in total. The minimum absolute atomic E-state index is 0.00367. The molecule has 0 spiro atoms. The van der Waals surface area contributed by atoms with Gasteiger partial charge in [-0.05, 0) is 17.9 Å². The lowest BCUT2D eigenvalue weighted by atomic mass is 9.75. The van der Waals surface area contributed by atoms with Crippen LogP contribution in [0.15, 0.2) is 47.4 Å². The Morgan fingerprint density at radius 3 is 2.68 bits per heavy atom. The molecule has 0 aliphatic carbocycles. The monoisotopic (exact) mass is 382 g/mol. The first-order chi connectivity index (χ1) is 13.3. The van der Waals surface area contributed by atoms with Crippen molar-refractivity contribution in [2.75, 3.05) is 13.2 Å². The highest BCUT2D eigenvalue weighted by molar-refractivity contribution is 5.78. The fourth-order valence-electron chi connectivity index (χ4n) is 3.39. The van der Waals surface area contributed by atoms with Crippen molar-refractivity contribution in [2.45, 2.75) is 33.1 Å². The predicted octanol–water partition coefficient (Wildman–Crippen LogP) is 1.79. The van der Waals surface area contributed by atoms with Crippen molar-refractivity contribution >= 4 is 11.6 Å². The molecule has 7 heteroatoms. The van der Waals surface area contributed by atoms with Crippen LogP contribution in [-0.4, -0.2) is 38.8 Å². The maximum Gasteiger partial charge on any atom is 0.276 e. The molecule has 3 aromatic rings. The number of H-pyrrole nitrogens is 1. The summed E-state index contributed by atoms with van der Waals surface area (Å²) in [5, 5.41) is 15.6. The number of benzene rings is 1. The van der Waals surface area contributed by atoms with E-state index in [1.165, 1.54) is 4.52 Å². The number of amides is 1. The molecule has 28 heavy (non-hydrogen) atoms. The topological polar surface area (TPSA) is 99.5 Å². The van der Waals surface area contributed by atoms with Crippen molar-refractivity contribution < 1.29 is 9.90 Å². The van der Waals surface area contributed by atoms with Crippen LogP contribution < -0.4 is 10.9 Å². The van der Waals surface area contributed by atoms with E-state index in [2.05, 4.69) is 15.4 Å². The van der Waals surface area contributed by atoms with Gasteiger partial charge in [-0.3, -0.25) is 14.7 Å². The molecule has 0 fully saturated rings. The maximum atomic E-state index is 12.6. The molecular formula is C21H26N4O3. The molecule has 0 aliphatic rings. The van der Waals surface area contributed by atoms with Crippen LogP contribution in [0.1, 0.15) is 36.6 Å². The van der Waals surface area contributed by atoms with Crippen LogP contribution in [-0.2, 0) is 11.2 Å². The fraction of sp³-hybridized carbons (Fsp3) is 0.381. The first-order valence-electron chi connectivity index (χ1n) is 9.31. The number of carbonyl (C=O) groups is 1. The standard InChI is InChI=1S/C21H26N4O3/c1-14-16(20(28)25-18(24-14)9-10-23-25)11-19(27)22-12-17(21(2,3)13-26)15-7-5-4-6-8-15/h4-10,17,23,26H,11-13H2,1-3H3,(H,22,27)/t17-/m1/s1. The van der Waals surface area contributed by atoms with Crippen LogP contribution in [0.25, 0.3) is 5.65 Å². The largest absolute Gasteiger partial charge is 0.396 e. The molecular weight excluding hydrogens is 356 g/mol. The van der Waals surface area contributed by atoms with Crippen molar-refractivity contribution in [3.63, 3.8) is 0 Å². The summed E-state index contributed by atoms with van der Waals surface area (Å²) in [6.07, 6.45) is 1.59. The minimum Gasteiger partial charge on any atom is -0.396 e. The first-order valence-corrected chi connectivity index (χ1v) is 9.31. The van der Waals surface area contributed by atoms with E-state index < -0.39 is 5.41 Å². The zero-order chi connectivity index (χ0) is 20.3. The third-order valence-corrected chi connectivity index (χ3v) is 5.24. The van der Waals surface area contributed by atoms with Gasteiger partial charge in [-0.1, -0.05) is 44.2 Å². The second kappa shape index (κ2) is 7.98. The van der Waals surface area contributed by atoms with E-state index in [1.54, 1.807) is 19.2 Å². The summed E-state index contributed by atoms with van der Waals surface area (Å²) in [6, 6.07) is 11.5. The minimum atomic E-state index is -0.408. The fourth-order valence-corrected chi connectivity index (χ4v) is 3.39. The smallest absolute Gasteiger partial charge is 0.276 e. The molecule has 1 aromatic carbocycles. The number of hydrogen-bond donors (Lipinski definition) is 3. The van der Waals surface area contributed by atoms with Crippen LogP contribution in [0.4, 0.5) is 0 Å². The summed E-state index contributed by atoms with van der Waals surface area (Å²) in [7, 11) is 0. The Kier molecular flexibility index (Phi) is 5.65. The average molecular weight is 382 g/mol. The Balaban J connectivity index is 1.76. The molecule has 0 saturated carbocycles. The number of carbonyl (C=O) groups excluding carboxylic acids is 1. The van der Waals surface area contributed by atoms with E-state index in [9.17, 15) is 14.7 Å². The van der Waals surface area contributed by atoms with Crippen LogP contribution in [0.2, 0.25) is 0 Å². The predicted molar refractivity (Wildman–Crippen MR) is 107 cm³/mol. The van der Waals surface area contributed by atoms with E-state index in [-0.39, 0.29) is 30.4 Å². The molecule has 3 N–H and O–H groups in total. The Morgan fingerprint density at radius 1 is 1.29 bits per heavy atom. The zero-order valence-electron chi connectivity index (χ0n) is 16.4. The summed E-state index contributed by atoms with van der Waals surface area (Å²) in [4.78, 5) is 29.5. The molecule has 0 unspecified atom stereocenters. The normalized spacial score (nSPS) is 12.9. The number of fused-ring (bicyclic) bond motifs is 1. The van der Waals surface area contributed by atoms with Crippen molar-refractivity contribution in [2.24, 2.45) is 5.41 Å². The summed E-state index contributed by atoms with van der Waals surface area (Å²) < 4.78 is 1.33. The lowest BCUT2D eigenvalue weighted by molar-refractivity contribution is -0.120. The van der Waals surface area contributed by atoms with E-state index in [0.29, 0.717) is 23.4 Å². The number of nitrogens with zero attached hydrogens (tertiary/aromatic N) is 2. The van der Waals surface area contributed by atoms with E-state index in [1.807, 2.05) is 44.2 Å². The highest BCUT2D eigenvalue weighted by atomic mass is 16.3. The molecule has 148 valence electrons. The number of aliphatic hydroxyl groups excluding tert-OH is 1. The van der Waals surface area contributed by atoms with Crippen LogP contribution >= 0.6 is 0 Å². The van der Waals surface area contributed by atoms with Crippen molar-refractivity contribution in [3.8, 4) is 0 Å². The van der Waals surface area contributed by atoms with Crippen molar-refractivity contribution in [1.82, 2.24) is 19.9 Å². The Morgan fingerprint density at radius 2 is 2.00 bits per heavy atom. The van der Waals surface area contributed by atoms with Crippen LogP contribution in [0, 0.1) is 12.3 Å². The zero-order valence-corrected chi connectivity index (χ0v) is 16.4. The van der Waals surface area contributed by atoms with Crippen LogP contribution in [0.3, 0.4) is 0 Å². The van der Waals surface area contributed by atoms with Gasteiger partial charge in [-0.2, -0.15) is 0 Å². The maximum absolute atomic E-state index is 12.6. The highest BCUT2D eigenvalue weighted by Gasteiger charge is 2.30. The quantitative estimate of drug-likeness (QED) is 0.580. The second-order valence-corrected chi connectivity index (χ2v) is 7.73. The van der Waals surface area contributed by atoms with E-state index >= 15 is 0 Å². The Labute approximate surface area is 163 Å². The third kappa shape index (κ3) is 3.99. The van der Waals surface area contributed by atoms with Gasteiger partial charge in [-0.25, -0.2) is 9.50 Å². The lowest BCUT2D eigenvalue weighted by Crippen LogP contribution is -2.38. The van der Waals surface area contributed by atoms with Gasteiger partial charge in [0, 0.05) is 42.6 Å². The number of aromatic nitrogens is 3. The molecule has 2 aromatic heterocycles. The highest BCUT2D eigenvalue weighted by Crippen LogP contribution is 2.34. The average Bonchev–Trinajstić information content (AvgIpc) is 3.14. The number of nitrogens with one attached hydrogen (secondary N) is 2. The second-order valence-electron chi connectivity index (χ2n) is 7.73. The number of aliphatic hydroxyl groups is 1. The molecule has 3 rings (SSSR count). The Bertz CT molecular complexity index is 1020. The third-order valence-electron chi connectivity index (χ3n) is 5.24. The number of hydrogen-bond acceptors (Lipinski definition) is 4. The molecule has 0 saturated heterocycles. The van der Waals surface area contributed by atoms with Gasteiger partial charge in [-0.15, -0.1) is 0 Å². The number of rotatable bonds is 7. The molecule has 1 atom stereocenters. The SMILES string of the molecule is Cc1nc2cc[nH]n2c(=O)c1CC(=O)NC[C@H](c1ccccc1)C(C)(C)CO. The summed E-state index contributed by atoms with van der Waals surface area (Å²) in [5.41, 5.74) is 1.82. The number of aromatic amines is 1. The summed E-state index contributed by atoms with van der Waals surface area (Å²) in [5.74, 6) is -0.308. The Hall–Kier alpha value is -2.93. The van der Waals surface area contributed by atoms with Crippen molar-refractivity contribution in [1.29, 1.82) is 0 Å².